The van der Waals surface area contributed by atoms with E-state index in [9.17, 15) is 19.1 Å². The summed E-state index contributed by atoms with van der Waals surface area (Å²) < 4.78 is 13.9. The molecule has 3 rings (SSSR count). The van der Waals surface area contributed by atoms with E-state index in [0.29, 0.717) is 0 Å². The Bertz CT molecular complexity index is 979. The molecule has 28 heavy (non-hydrogen) atoms. The summed E-state index contributed by atoms with van der Waals surface area (Å²) in [6.45, 7) is 8.46. The molecule has 0 fully saturated rings. The van der Waals surface area contributed by atoms with Crippen LogP contribution in [-0.4, -0.2) is 22.1 Å². The molecule has 1 amide bonds. The van der Waals surface area contributed by atoms with Crippen LogP contribution in [0.5, 0.6) is 5.75 Å². The Balaban J connectivity index is 1.97. The third-order valence-corrected chi connectivity index (χ3v) is 5.67. The summed E-state index contributed by atoms with van der Waals surface area (Å²) in [5.74, 6) is -3.04. The normalized spacial score (nSPS) is 16.9. The fourth-order valence-electron chi connectivity index (χ4n) is 3.75. The van der Waals surface area contributed by atoms with Crippen molar-refractivity contribution in [3.05, 3.63) is 58.4 Å². The number of phenols is 1. The number of aromatic carboxylic acids is 1. The summed E-state index contributed by atoms with van der Waals surface area (Å²) in [4.78, 5) is 23.6. The molecule has 0 bridgehead atoms. The average Bonchev–Trinajstić information content (AvgIpc) is 2.58. The number of carbonyl (C=O) groups excluding carboxylic acids is 1. The second-order valence-electron chi connectivity index (χ2n) is 8.64. The van der Waals surface area contributed by atoms with E-state index in [-0.39, 0.29) is 27.8 Å². The lowest BCUT2D eigenvalue weighted by Crippen LogP contribution is -2.34. The van der Waals surface area contributed by atoms with Crippen LogP contribution in [0.1, 0.15) is 72.4 Å². The third kappa shape index (κ3) is 3.46. The molecule has 148 valence electrons. The number of amides is 1. The van der Waals surface area contributed by atoms with Crippen LogP contribution in [0.4, 0.5) is 10.1 Å². The van der Waals surface area contributed by atoms with Crippen LogP contribution in [0, 0.1) is 5.82 Å². The molecule has 0 atom stereocenters. The Hall–Kier alpha value is -2.89. The predicted molar refractivity (Wildman–Crippen MR) is 105 cm³/mol. The lowest BCUT2D eigenvalue weighted by atomic mass is 9.63. The number of carboxylic acid groups (broad SMARTS) is 1. The first kappa shape index (κ1) is 19.9. The number of nitrogens with one attached hydrogen (secondary N) is 1. The Kier molecular flexibility index (Phi) is 4.69. The number of hydrogen-bond donors (Lipinski definition) is 3. The van der Waals surface area contributed by atoms with Crippen molar-refractivity contribution >= 4 is 17.6 Å². The van der Waals surface area contributed by atoms with Gasteiger partial charge in [-0.05, 0) is 65.1 Å². The van der Waals surface area contributed by atoms with Gasteiger partial charge in [0.1, 0.15) is 11.6 Å². The van der Waals surface area contributed by atoms with Gasteiger partial charge in [-0.1, -0.05) is 27.7 Å². The van der Waals surface area contributed by atoms with Crippen molar-refractivity contribution in [2.24, 2.45) is 0 Å². The summed E-state index contributed by atoms with van der Waals surface area (Å²) in [6.07, 6.45) is 1.94. The zero-order valence-corrected chi connectivity index (χ0v) is 16.4. The highest BCUT2D eigenvalue weighted by Crippen LogP contribution is 2.47. The molecule has 2 aromatic carbocycles. The van der Waals surface area contributed by atoms with Gasteiger partial charge in [0, 0.05) is 5.69 Å². The third-order valence-electron chi connectivity index (χ3n) is 5.67. The van der Waals surface area contributed by atoms with Gasteiger partial charge in [0.25, 0.3) is 5.91 Å². The van der Waals surface area contributed by atoms with Gasteiger partial charge in [-0.25, -0.2) is 9.18 Å². The second-order valence-corrected chi connectivity index (χ2v) is 8.64. The lowest BCUT2D eigenvalue weighted by molar-refractivity contribution is 0.0691. The van der Waals surface area contributed by atoms with E-state index in [4.69, 9.17) is 5.11 Å². The van der Waals surface area contributed by atoms with Crippen LogP contribution >= 0.6 is 0 Å². The van der Waals surface area contributed by atoms with Crippen LogP contribution < -0.4 is 5.32 Å². The summed E-state index contributed by atoms with van der Waals surface area (Å²) in [5, 5.41) is 21.9. The number of carboxylic acids is 1. The summed E-state index contributed by atoms with van der Waals surface area (Å²) in [6, 6.07) is 6.71. The Morgan fingerprint density at radius 2 is 1.54 bits per heavy atom. The minimum Gasteiger partial charge on any atom is -0.507 e. The molecule has 1 aliphatic rings. The maximum Gasteiger partial charge on any atom is 0.338 e. The minimum absolute atomic E-state index is 0.104. The Labute approximate surface area is 163 Å². The van der Waals surface area contributed by atoms with E-state index in [0.717, 1.165) is 36.1 Å². The molecule has 2 aromatic rings. The van der Waals surface area contributed by atoms with Gasteiger partial charge < -0.3 is 15.5 Å². The summed E-state index contributed by atoms with van der Waals surface area (Å²) in [7, 11) is 0. The van der Waals surface area contributed by atoms with Crippen molar-refractivity contribution in [3.63, 3.8) is 0 Å². The van der Waals surface area contributed by atoms with Gasteiger partial charge in [0.2, 0.25) is 0 Å². The lowest BCUT2D eigenvalue weighted by Gasteiger charge is -2.42. The Morgan fingerprint density at radius 1 is 0.964 bits per heavy atom. The van der Waals surface area contributed by atoms with Crippen molar-refractivity contribution in [1.29, 1.82) is 0 Å². The topological polar surface area (TPSA) is 86.6 Å². The number of phenolic OH excluding ortho intramolecular Hbond substituents is 1. The molecule has 0 spiro atoms. The van der Waals surface area contributed by atoms with E-state index in [2.05, 4.69) is 33.0 Å². The quantitative estimate of drug-likeness (QED) is 0.706. The largest absolute Gasteiger partial charge is 0.507 e. The molecule has 0 radical (unpaired) electrons. The van der Waals surface area contributed by atoms with Crippen molar-refractivity contribution in [1.82, 2.24) is 0 Å². The van der Waals surface area contributed by atoms with Crippen molar-refractivity contribution in [2.75, 3.05) is 5.32 Å². The number of fused-ring (bicyclic) bond motifs is 1. The van der Waals surface area contributed by atoms with Gasteiger partial charge >= 0.3 is 5.97 Å². The number of carbonyl (C=O) groups is 2. The molecule has 1 aliphatic carbocycles. The fourth-order valence-corrected chi connectivity index (χ4v) is 3.75. The molecule has 0 unspecified atom stereocenters. The SMILES string of the molecule is CC1(C)CCC(C)(C)c2cc(C(=O)Nc3ccc(C(=O)O)c(F)c3)c(O)cc21. The molecule has 6 heteroatoms. The van der Waals surface area contributed by atoms with E-state index < -0.39 is 23.3 Å². The number of anilines is 1. The smallest absolute Gasteiger partial charge is 0.338 e. The summed E-state index contributed by atoms with van der Waals surface area (Å²) >= 11 is 0. The zero-order chi connectivity index (χ0) is 20.9. The van der Waals surface area contributed by atoms with E-state index >= 15 is 0 Å². The predicted octanol–water partition coefficient (Wildman–Crippen LogP) is 4.83. The number of rotatable bonds is 3. The molecule has 5 nitrogen and oxygen atoms in total. The highest BCUT2D eigenvalue weighted by molar-refractivity contribution is 6.06. The monoisotopic (exact) mass is 385 g/mol. The minimum atomic E-state index is -1.38. The maximum atomic E-state index is 13.9. The number of benzene rings is 2. The Morgan fingerprint density at radius 3 is 2.07 bits per heavy atom. The highest BCUT2D eigenvalue weighted by Gasteiger charge is 2.38. The molecule has 3 N–H and O–H groups in total. The first-order valence-corrected chi connectivity index (χ1v) is 9.14. The average molecular weight is 385 g/mol. The van der Waals surface area contributed by atoms with Crippen molar-refractivity contribution < 1.29 is 24.2 Å². The van der Waals surface area contributed by atoms with E-state index in [1.54, 1.807) is 12.1 Å². The van der Waals surface area contributed by atoms with Crippen LogP contribution in [0.15, 0.2) is 30.3 Å². The molecule has 0 saturated carbocycles. The van der Waals surface area contributed by atoms with Gasteiger partial charge in [0.05, 0.1) is 11.1 Å². The van der Waals surface area contributed by atoms with Gasteiger partial charge in [-0.3, -0.25) is 4.79 Å². The summed E-state index contributed by atoms with van der Waals surface area (Å²) in [5.41, 5.74) is 1.54. The van der Waals surface area contributed by atoms with Crippen LogP contribution in [0.3, 0.4) is 0 Å². The van der Waals surface area contributed by atoms with E-state index in [1.807, 2.05) is 0 Å². The van der Waals surface area contributed by atoms with Gasteiger partial charge in [0.15, 0.2) is 0 Å². The fraction of sp³-hybridized carbons (Fsp3) is 0.364. The van der Waals surface area contributed by atoms with Gasteiger partial charge in [-0.15, -0.1) is 0 Å². The van der Waals surface area contributed by atoms with Crippen LogP contribution in [0.25, 0.3) is 0 Å². The molecule has 0 aliphatic heterocycles. The van der Waals surface area contributed by atoms with Crippen molar-refractivity contribution in [3.8, 4) is 5.75 Å². The first-order chi connectivity index (χ1) is 12.9. The van der Waals surface area contributed by atoms with E-state index in [1.165, 1.54) is 6.07 Å². The molecule has 0 aromatic heterocycles. The second kappa shape index (κ2) is 6.62. The first-order valence-electron chi connectivity index (χ1n) is 9.14. The molecular formula is C22H24FNO4. The number of hydrogen-bond acceptors (Lipinski definition) is 3. The standard InChI is InChI=1S/C22H24FNO4/c1-21(2)7-8-22(3,4)16-11-18(25)14(10-15(16)21)19(26)24-12-5-6-13(20(27)28)17(23)9-12/h5-6,9-11,25H,7-8H2,1-4H3,(H,24,26)(H,27,28). The number of aromatic hydroxyl groups is 1. The molecular weight excluding hydrogens is 361 g/mol. The van der Waals surface area contributed by atoms with Crippen LogP contribution in [-0.2, 0) is 10.8 Å². The highest BCUT2D eigenvalue weighted by atomic mass is 19.1. The molecule has 0 saturated heterocycles. The zero-order valence-electron chi connectivity index (χ0n) is 16.4. The van der Waals surface area contributed by atoms with Crippen LogP contribution in [0.2, 0.25) is 0 Å². The number of halogens is 1. The molecule has 0 heterocycles. The van der Waals surface area contributed by atoms with Gasteiger partial charge in [-0.2, -0.15) is 0 Å². The maximum absolute atomic E-state index is 13.9. The van der Waals surface area contributed by atoms with Crippen molar-refractivity contribution in [2.45, 2.75) is 51.4 Å².